The Morgan fingerprint density at radius 3 is 2.67 bits per heavy atom. The largest absolute Gasteiger partial charge is 0.460 e. The van der Waals surface area contributed by atoms with Crippen LogP contribution in [0.25, 0.3) is 5.95 Å². The number of aromatic nitrogens is 5. The van der Waals surface area contributed by atoms with Crippen molar-refractivity contribution in [3.63, 3.8) is 0 Å². The van der Waals surface area contributed by atoms with Gasteiger partial charge in [0.1, 0.15) is 6.33 Å². The molecule has 2 heterocycles. The highest BCUT2D eigenvalue weighted by Crippen LogP contribution is 2.15. The maximum atomic E-state index is 5.81. The summed E-state index contributed by atoms with van der Waals surface area (Å²) in [6.07, 6.45) is 6.11. The molecule has 0 aliphatic heterocycles. The van der Waals surface area contributed by atoms with Crippen LogP contribution < -0.4 is 10.1 Å². The van der Waals surface area contributed by atoms with Crippen LogP contribution in [0.2, 0.25) is 0 Å². The molecule has 0 spiro atoms. The molecule has 114 valence electrons. The summed E-state index contributed by atoms with van der Waals surface area (Å²) in [5.74, 6) is 1.55. The van der Waals surface area contributed by atoms with Crippen LogP contribution in [0, 0.1) is 5.92 Å². The smallest absolute Gasteiger partial charge is 0.323 e. The molecule has 21 heavy (non-hydrogen) atoms. The van der Waals surface area contributed by atoms with Crippen molar-refractivity contribution in [3.8, 4) is 12.0 Å². The van der Waals surface area contributed by atoms with E-state index in [0.29, 0.717) is 23.8 Å². The van der Waals surface area contributed by atoms with Gasteiger partial charge in [0.05, 0.1) is 6.10 Å². The SMILES string of the molecule is CCNc1nc(OC(C)CC(C)C)nc(-n2ccnc2)n1. The molecule has 0 aromatic carbocycles. The molecule has 0 aliphatic rings. The molecule has 1 N–H and O–H groups in total. The highest BCUT2D eigenvalue weighted by atomic mass is 16.5. The summed E-state index contributed by atoms with van der Waals surface area (Å²) in [5.41, 5.74) is 0. The van der Waals surface area contributed by atoms with Crippen molar-refractivity contribution in [3.05, 3.63) is 18.7 Å². The number of hydrogen-bond acceptors (Lipinski definition) is 6. The second-order valence-electron chi connectivity index (χ2n) is 5.30. The minimum atomic E-state index is 0.0533. The Morgan fingerprint density at radius 1 is 1.24 bits per heavy atom. The second-order valence-corrected chi connectivity index (χ2v) is 5.30. The monoisotopic (exact) mass is 290 g/mol. The normalized spacial score (nSPS) is 12.4. The number of hydrogen-bond donors (Lipinski definition) is 1. The molecular weight excluding hydrogens is 268 g/mol. The van der Waals surface area contributed by atoms with Gasteiger partial charge >= 0.3 is 6.01 Å². The van der Waals surface area contributed by atoms with E-state index in [4.69, 9.17) is 4.74 Å². The fourth-order valence-corrected chi connectivity index (χ4v) is 2.02. The molecule has 0 saturated heterocycles. The van der Waals surface area contributed by atoms with Crippen LogP contribution in [0.5, 0.6) is 6.01 Å². The van der Waals surface area contributed by atoms with E-state index in [2.05, 4.69) is 39.1 Å². The molecule has 0 bridgehead atoms. The van der Waals surface area contributed by atoms with Gasteiger partial charge in [0.25, 0.3) is 0 Å². The molecular formula is C14H22N6O. The lowest BCUT2D eigenvalue weighted by molar-refractivity contribution is 0.177. The Kier molecular flexibility index (Phi) is 5.08. The Morgan fingerprint density at radius 2 is 2.05 bits per heavy atom. The highest BCUT2D eigenvalue weighted by Gasteiger charge is 2.13. The lowest BCUT2D eigenvalue weighted by atomic mass is 10.1. The maximum absolute atomic E-state index is 5.81. The highest BCUT2D eigenvalue weighted by molar-refractivity contribution is 5.30. The minimum absolute atomic E-state index is 0.0533. The first-order valence-electron chi connectivity index (χ1n) is 7.23. The summed E-state index contributed by atoms with van der Waals surface area (Å²) in [4.78, 5) is 17.0. The van der Waals surface area contributed by atoms with Crippen LogP contribution in [0.3, 0.4) is 0 Å². The number of ether oxygens (including phenoxy) is 1. The summed E-state index contributed by atoms with van der Waals surface area (Å²) >= 11 is 0. The summed E-state index contributed by atoms with van der Waals surface area (Å²) in [5, 5.41) is 3.09. The van der Waals surface area contributed by atoms with E-state index in [0.717, 1.165) is 13.0 Å². The molecule has 0 aliphatic carbocycles. The summed E-state index contributed by atoms with van der Waals surface area (Å²) in [7, 11) is 0. The molecule has 1 atom stereocenters. The van der Waals surface area contributed by atoms with Gasteiger partial charge in [-0.1, -0.05) is 13.8 Å². The zero-order valence-electron chi connectivity index (χ0n) is 12.9. The van der Waals surface area contributed by atoms with E-state index in [-0.39, 0.29) is 6.10 Å². The van der Waals surface area contributed by atoms with Gasteiger partial charge in [-0.25, -0.2) is 4.98 Å². The summed E-state index contributed by atoms with van der Waals surface area (Å²) in [6, 6.07) is 0.331. The molecule has 1 unspecified atom stereocenters. The third-order valence-corrected chi connectivity index (χ3v) is 2.78. The molecule has 7 heteroatoms. The Bertz CT molecular complexity index is 555. The predicted octanol–water partition coefficient (Wildman–Crippen LogP) is 2.30. The average Bonchev–Trinajstić information content (AvgIpc) is 2.91. The molecule has 0 radical (unpaired) electrons. The van der Waals surface area contributed by atoms with E-state index >= 15 is 0 Å². The van der Waals surface area contributed by atoms with Crippen molar-refractivity contribution < 1.29 is 4.74 Å². The molecule has 0 fully saturated rings. The van der Waals surface area contributed by atoms with Crippen LogP contribution in [0.1, 0.15) is 34.1 Å². The van der Waals surface area contributed by atoms with Crippen molar-refractivity contribution in [2.24, 2.45) is 5.92 Å². The third kappa shape index (κ3) is 4.40. The van der Waals surface area contributed by atoms with Gasteiger partial charge in [-0.3, -0.25) is 4.57 Å². The zero-order valence-corrected chi connectivity index (χ0v) is 12.9. The second kappa shape index (κ2) is 7.01. The van der Waals surface area contributed by atoms with E-state index in [9.17, 15) is 0 Å². The molecule has 2 rings (SSSR count). The van der Waals surface area contributed by atoms with Crippen molar-refractivity contribution in [2.45, 2.75) is 40.2 Å². The van der Waals surface area contributed by atoms with Gasteiger partial charge in [-0.15, -0.1) is 0 Å². The van der Waals surface area contributed by atoms with Gasteiger partial charge < -0.3 is 10.1 Å². The van der Waals surface area contributed by atoms with E-state index < -0.39 is 0 Å². The fraction of sp³-hybridized carbons (Fsp3) is 0.571. The molecule has 0 amide bonds. The molecule has 0 saturated carbocycles. The van der Waals surface area contributed by atoms with Crippen LogP contribution in [-0.4, -0.2) is 37.2 Å². The Labute approximate surface area is 124 Å². The number of imidazole rings is 1. The van der Waals surface area contributed by atoms with Gasteiger partial charge in [-0.2, -0.15) is 15.0 Å². The summed E-state index contributed by atoms with van der Waals surface area (Å²) < 4.78 is 7.54. The van der Waals surface area contributed by atoms with Gasteiger partial charge in [0.2, 0.25) is 11.9 Å². The maximum Gasteiger partial charge on any atom is 0.323 e. The van der Waals surface area contributed by atoms with Crippen molar-refractivity contribution in [2.75, 3.05) is 11.9 Å². The Balaban J connectivity index is 2.23. The minimum Gasteiger partial charge on any atom is -0.460 e. The van der Waals surface area contributed by atoms with Crippen molar-refractivity contribution >= 4 is 5.95 Å². The number of anilines is 1. The van der Waals surface area contributed by atoms with Crippen LogP contribution in [0.4, 0.5) is 5.95 Å². The molecule has 2 aromatic heterocycles. The molecule has 2 aromatic rings. The fourth-order valence-electron chi connectivity index (χ4n) is 2.02. The van der Waals surface area contributed by atoms with E-state index in [1.165, 1.54) is 0 Å². The topological polar surface area (TPSA) is 77.8 Å². The number of rotatable bonds is 7. The van der Waals surface area contributed by atoms with Crippen molar-refractivity contribution in [1.29, 1.82) is 0 Å². The van der Waals surface area contributed by atoms with Gasteiger partial charge in [-0.05, 0) is 26.2 Å². The van der Waals surface area contributed by atoms with Gasteiger partial charge in [0, 0.05) is 18.9 Å². The van der Waals surface area contributed by atoms with Crippen LogP contribution >= 0.6 is 0 Å². The Hall–Kier alpha value is -2.18. The third-order valence-electron chi connectivity index (χ3n) is 2.78. The average molecular weight is 290 g/mol. The lowest BCUT2D eigenvalue weighted by Gasteiger charge is -2.16. The standard InChI is InChI=1S/C14H22N6O/c1-5-16-12-17-13(20-7-6-15-9-20)19-14(18-12)21-11(4)8-10(2)3/h6-7,9-11H,5,8H2,1-4H3,(H,16,17,18,19). The molecule has 7 nitrogen and oxygen atoms in total. The zero-order chi connectivity index (χ0) is 15.2. The quantitative estimate of drug-likeness (QED) is 0.843. The van der Waals surface area contributed by atoms with Gasteiger partial charge in [0.15, 0.2) is 0 Å². The van der Waals surface area contributed by atoms with Crippen LogP contribution in [0.15, 0.2) is 18.7 Å². The van der Waals surface area contributed by atoms with Crippen molar-refractivity contribution in [1.82, 2.24) is 24.5 Å². The number of nitrogens with one attached hydrogen (secondary N) is 1. The first-order chi connectivity index (χ1) is 10.1. The summed E-state index contributed by atoms with van der Waals surface area (Å²) in [6.45, 7) is 9.06. The predicted molar refractivity (Wildman–Crippen MR) is 80.7 cm³/mol. The lowest BCUT2D eigenvalue weighted by Crippen LogP contribution is -2.18. The van der Waals surface area contributed by atoms with Crippen LogP contribution in [-0.2, 0) is 0 Å². The number of nitrogens with zero attached hydrogens (tertiary/aromatic N) is 5. The van der Waals surface area contributed by atoms with E-state index in [1.807, 2.05) is 13.8 Å². The van der Waals surface area contributed by atoms with E-state index in [1.54, 1.807) is 23.3 Å². The first-order valence-corrected chi connectivity index (χ1v) is 7.23. The first kappa shape index (κ1) is 15.2.